The SMILES string of the molecule is CC(C)[C@H](NO)C(=O)N[C@@H](CCCC[N+](C)(C)[O-])C(=O)NCC(=O)O. The molecule has 0 aromatic rings. The van der Waals surface area contributed by atoms with Crippen LogP contribution in [0.3, 0.4) is 0 Å². The van der Waals surface area contributed by atoms with Gasteiger partial charge >= 0.3 is 5.97 Å². The van der Waals surface area contributed by atoms with Crippen LogP contribution in [0.1, 0.15) is 33.1 Å². The smallest absolute Gasteiger partial charge is 0.322 e. The molecule has 0 aromatic carbocycles. The summed E-state index contributed by atoms with van der Waals surface area (Å²) in [4.78, 5) is 34.9. The lowest BCUT2D eigenvalue weighted by atomic mass is 10.0. The summed E-state index contributed by atoms with van der Waals surface area (Å²) in [5.41, 5.74) is 1.90. The van der Waals surface area contributed by atoms with Gasteiger partial charge in [-0.15, -0.1) is 0 Å². The topological polar surface area (TPSA) is 151 Å². The van der Waals surface area contributed by atoms with E-state index in [2.05, 4.69) is 10.6 Å². The van der Waals surface area contributed by atoms with Gasteiger partial charge in [-0.25, -0.2) is 0 Å². The Hall–Kier alpha value is -1.75. The Kier molecular flexibility index (Phi) is 10.2. The van der Waals surface area contributed by atoms with Crippen molar-refractivity contribution in [3.63, 3.8) is 0 Å². The van der Waals surface area contributed by atoms with Crippen LogP contribution in [0.5, 0.6) is 0 Å². The van der Waals surface area contributed by atoms with E-state index in [-0.39, 0.29) is 12.3 Å². The highest BCUT2D eigenvalue weighted by molar-refractivity contribution is 5.91. The van der Waals surface area contributed by atoms with Gasteiger partial charge < -0.3 is 30.8 Å². The van der Waals surface area contributed by atoms with Crippen molar-refractivity contribution in [3.05, 3.63) is 5.21 Å². The number of carboxylic acid groups (broad SMARTS) is 1. The molecule has 0 aliphatic carbocycles. The first kappa shape index (κ1) is 23.2. The fourth-order valence-electron chi connectivity index (χ4n) is 2.17. The molecule has 0 bridgehead atoms. The molecule has 0 fully saturated rings. The van der Waals surface area contributed by atoms with Crippen molar-refractivity contribution in [2.45, 2.75) is 45.2 Å². The van der Waals surface area contributed by atoms with Crippen molar-refractivity contribution in [1.29, 1.82) is 0 Å². The summed E-state index contributed by atoms with van der Waals surface area (Å²) < 4.78 is -0.452. The van der Waals surface area contributed by atoms with Crippen LogP contribution in [0.4, 0.5) is 0 Å². The molecule has 2 amide bonds. The van der Waals surface area contributed by atoms with Crippen LogP contribution < -0.4 is 16.1 Å². The predicted octanol–water partition coefficient (Wildman–Crippen LogP) is -0.580. The van der Waals surface area contributed by atoms with E-state index in [1.807, 2.05) is 5.48 Å². The van der Waals surface area contributed by atoms with E-state index in [0.717, 1.165) is 0 Å². The van der Waals surface area contributed by atoms with E-state index in [1.54, 1.807) is 13.8 Å². The number of nitrogens with one attached hydrogen (secondary N) is 3. The first-order chi connectivity index (χ1) is 11.5. The van der Waals surface area contributed by atoms with Crippen LogP contribution in [0.15, 0.2) is 0 Å². The van der Waals surface area contributed by atoms with Crippen molar-refractivity contribution in [2.24, 2.45) is 5.92 Å². The first-order valence-electron chi connectivity index (χ1n) is 8.21. The summed E-state index contributed by atoms with van der Waals surface area (Å²) in [6.07, 6.45) is 1.32. The number of aliphatic carboxylic acids is 1. The average molecular weight is 362 g/mol. The third kappa shape index (κ3) is 10.7. The fraction of sp³-hybridized carbons (Fsp3) is 0.800. The fourth-order valence-corrected chi connectivity index (χ4v) is 2.17. The zero-order valence-electron chi connectivity index (χ0n) is 15.2. The molecule has 0 saturated carbocycles. The molecule has 10 heteroatoms. The molecule has 10 nitrogen and oxygen atoms in total. The third-order valence-corrected chi connectivity index (χ3v) is 3.57. The summed E-state index contributed by atoms with van der Waals surface area (Å²) in [5, 5.41) is 34.0. The van der Waals surface area contributed by atoms with Crippen molar-refractivity contribution in [2.75, 3.05) is 27.2 Å². The number of hydrogen-bond acceptors (Lipinski definition) is 6. The minimum atomic E-state index is -1.19. The minimum Gasteiger partial charge on any atom is -0.633 e. The van der Waals surface area contributed by atoms with Crippen LogP contribution in [0.2, 0.25) is 0 Å². The molecule has 2 atom stereocenters. The molecular formula is C15H30N4O6. The Bertz CT molecular complexity index is 450. The Morgan fingerprint density at radius 3 is 2.16 bits per heavy atom. The largest absolute Gasteiger partial charge is 0.633 e. The van der Waals surface area contributed by atoms with E-state index < -0.39 is 41.1 Å². The molecule has 146 valence electrons. The zero-order valence-corrected chi connectivity index (χ0v) is 15.2. The van der Waals surface area contributed by atoms with E-state index in [0.29, 0.717) is 19.4 Å². The molecule has 0 rings (SSSR count). The van der Waals surface area contributed by atoms with Crippen LogP contribution >= 0.6 is 0 Å². The number of carbonyl (C=O) groups excluding carboxylic acids is 2. The lowest BCUT2D eigenvalue weighted by molar-refractivity contribution is -0.840. The number of unbranched alkanes of at least 4 members (excludes halogenated alkanes) is 1. The monoisotopic (exact) mass is 362 g/mol. The molecule has 0 unspecified atom stereocenters. The van der Waals surface area contributed by atoms with Gasteiger partial charge in [-0.1, -0.05) is 13.8 Å². The van der Waals surface area contributed by atoms with Gasteiger partial charge in [-0.3, -0.25) is 14.4 Å². The number of hydrogen-bond donors (Lipinski definition) is 5. The number of nitrogens with zero attached hydrogens (tertiary/aromatic N) is 1. The second-order valence-corrected chi connectivity index (χ2v) is 6.82. The van der Waals surface area contributed by atoms with Crippen LogP contribution in [-0.4, -0.2) is 72.0 Å². The highest BCUT2D eigenvalue weighted by Gasteiger charge is 2.27. The van der Waals surface area contributed by atoms with Gasteiger partial charge in [0.15, 0.2) is 0 Å². The highest BCUT2D eigenvalue weighted by atomic mass is 16.5. The van der Waals surface area contributed by atoms with Gasteiger partial charge in [-0.05, 0) is 25.2 Å². The molecule has 0 heterocycles. The standard InChI is InChI=1S/C15H30N4O6/c1-10(2)13(18-24)15(23)17-11(14(22)16-9-12(20)21)7-5-6-8-19(3,4)25/h10-11,13,18,24H,5-9H2,1-4H3,(H,16,22)(H,17,23)(H,20,21)/t11-,13-/m0/s1. The van der Waals surface area contributed by atoms with E-state index in [1.165, 1.54) is 14.1 Å². The van der Waals surface area contributed by atoms with Crippen molar-refractivity contribution in [1.82, 2.24) is 16.1 Å². The summed E-state index contributed by atoms with van der Waals surface area (Å²) >= 11 is 0. The molecule has 0 spiro atoms. The summed E-state index contributed by atoms with van der Waals surface area (Å²) in [7, 11) is 3.03. The molecule has 0 saturated heterocycles. The molecule has 0 radical (unpaired) electrons. The highest BCUT2D eigenvalue weighted by Crippen LogP contribution is 2.07. The first-order valence-corrected chi connectivity index (χ1v) is 8.21. The number of carboxylic acids is 1. The van der Waals surface area contributed by atoms with Gasteiger partial charge in [0, 0.05) is 0 Å². The normalized spacial score (nSPS) is 14.0. The Morgan fingerprint density at radius 2 is 1.72 bits per heavy atom. The quantitative estimate of drug-likeness (QED) is 0.177. The van der Waals surface area contributed by atoms with Crippen LogP contribution in [0.25, 0.3) is 0 Å². The maximum absolute atomic E-state index is 12.2. The lowest BCUT2D eigenvalue weighted by Gasteiger charge is -2.33. The molecule has 0 aromatic heterocycles. The van der Waals surface area contributed by atoms with Gasteiger partial charge in [0.05, 0.1) is 20.6 Å². The summed E-state index contributed by atoms with van der Waals surface area (Å²) in [5.74, 6) is -2.59. The van der Waals surface area contributed by atoms with Gasteiger partial charge in [0.25, 0.3) is 0 Å². The maximum atomic E-state index is 12.2. The number of quaternary nitrogens is 1. The molecular weight excluding hydrogens is 332 g/mol. The second-order valence-electron chi connectivity index (χ2n) is 6.82. The van der Waals surface area contributed by atoms with Gasteiger partial charge in [0.1, 0.15) is 18.6 Å². The average Bonchev–Trinajstić information content (AvgIpc) is 2.47. The molecule has 5 N–H and O–H groups in total. The van der Waals surface area contributed by atoms with Crippen molar-refractivity contribution < 1.29 is 29.3 Å². The zero-order chi connectivity index (χ0) is 19.6. The number of amides is 2. The predicted molar refractivity (Wildman–Crippen MR) is 90.3 cm³/mol. The van der Waals surface area contributed by atoms with Gasteiger partial charge in [-0.2, -0.15) is 5.48 Å². The molecule has 25 heavy (non-hydrogen) atoms. The molecule has 0 aliphatic rings. The second kappa shape index (κ2) is 11.0. The third-order valence-electron chi connectivity index (χ3n) is 3.57. The Morgan fingerprint density at radius 1 is 1.12 bits per heavy atom. The summed E-state index contributed by atoms with van der Waals surface area (Å²) in [6, 6.07) is -1.84. The van der Waals surface area contributed by atoms with Gasteiger partial charge in [0.2, 0.25) is 11.8 Å². The van der Waals surface area contributed by atoms with E-state index in [4.69, 9.17) is 10.3 Å². The van der Waals surface area contributed by atoms with Crippen LogP contribution in [-0.2, 0) is 14.4 Å². The maximum Gasteiger partial charge on any atom is 0.322 e. The number of hydroxylamine groups is 4. The number of rotatable bonds is 12. The van der Waals surface area contributed by atoms with Crippen molar-refractivity contribution >= 4 is 17.8 Å². The van der Waals surface area contributed by atoms with E-state index in [9.17, 15) is 19.6 Å². The van der Waals surface area contributed by atoms with Crippen molar-refractivity contribution in [3.8, 4) is 0 Å². The Balaban J connectivity index is 4.79. The van der Waals surface area contributed by atoms with Crippen LogP contribution in [0, 0.1) is 11.1 Å². The minimum absolute atomic E-state index is 0.216. The molecule has 0 aliphatic heterocycles. The number of carbonyl (C=O) groups is 3. The van der Waals surface area contributed by atoms with E-state index >= 15 is 0 Å². The lowest BCUT2D eigenvalue weighted by Crippen LogP contribution is -2.54. The Labute approximate surface area is 147 Å². The summed E-state index contributed by atoms with van der Waals surface area (Å²) in [6.45, 7) is 3.26.